The van der Waals surface area contributed by atoms with Gasteiger partial charge in [-0.3, -0.25) is 13.9 Å². The smallest absolute Gasteiger partial charge is 0.232 e. The monoisotopic (exact) mass is 458 g/mol. The number of fused-ring (bicyclic) bond motifs is 1. The first-order valence-corrected chi connectivity index (χ1v) is 12.0. The third-order valence-electron chi connectivity index (χ3n) is 5.13. The Kier molecular flexibility index (Phi) is 6.24. The highest BCUT2D eigenvalue weighted by Gasteiger charge is 2.18. The number of hydrogen-bond acceptors (Lipinski definition) is 5. The molecular formula is C25H22N4O3S. The number of aromatic nitrogens is 3. The van der Waals surface area contributed by atoms with Crippen LogP contribution < -0.4 is 4.72 Å². The summed E-state index contributed by atoms with van der Waals surface area (Å²) in [6.45, 7) is 1.96. The third-order valence-corrected chi connectivity index (χ3v) is 6.50. The molecule has 7 nitrogen and oxygen atoms in total. The van der Waals surface area contributed by atoms with E-state index >= 15 is 0 Å². The Morgan fingerprint density at radius 2 is 1.91 bits per heavy atom. The molecule has 1 N–H and O–H groups in total. The van der Waals surface area contributed by atoms with Crippen molar-refractivity contribution in [2.45, 2.75) is 19.8 Å². The molecule has 0 aliphatic carbocycles. The van der Waals surface area contributed by atoms with Crippen molar-refractivity contribution >= 4 is 27.1 Å². The summed E-state index contributed by atoms with van der Waals surface area (Å²) in [5.74, 6) is 2.18. The minimum Gasteiger partial charge on any atom is -0.287 e. The molecule has 2 heterocycles. The number of rotatable bonds is 8. The standard InChI is InChI=1S/C25H22N4O3S/c1-3-4-5-15-33(31,32)28-21-8-6-7-20(16-21)22-13-14-26-25-23(27-17-29(22)25)24(30)19-11-9-18(2)10-12-19/h1,6-14,16-17,28H,4-5,15H2,2H3. The molecule has 33 heavy (non-hydrogen) atoms. The number of aryl methyl sites for hydroxylation is 1. The van der Waals surface area contributed by atoms with Gasteiger partial charge in [-0.25, -0.2) is 18.4 Å². The molecule has 0 saturated carbocycles. The van der Waals surface area contributed by atoms with E-state index in [1.165, 1.54) is 0 Å². The summed E-state index contributed by atoms with van der Waals surface area (Å²) in [6.07, 6.45) is 9.15. The van der Waals surface area contributed by atoms with Crippen molar-refractivity contribution in [3.63, 3.8) is 0 Å². The lowest BCUT2D eigenvalue weighted by atomic mass is 10.1. The Morgan fingerprint density at radius 1 is 1.12 bits per heavy atom. The number of imidazole rings is 1. The van der Waals surface area contributed by atoms with E-state index in [1.807, 2.05) is 25.1 Å². The second-order valence-corrected chi connectivity index (χ2v) is 9.46. The Hall–Kier alpha value is -3.96. The van der Waals surface area contributed by atoms with Crippen LogP contribution in [0.25, 0.3) is 16.9 Å². The van der Waals surface area contributed by atoms with Crippen molar-refractivity contribution in [3.05, 3.63) is 83.9 Å². The first-order valence-electron chi connectivity index (χ1n) is 10.4. The van der Waals surface area contributed by atoms with Gasteiger partial charge < -0.3 is 0 Å². The van der Waals surface area contributed by atoms with Gasteiger partial charge in [0.05, 0.1) is 11.4 Å². The van der Waals surface area contributed by atoms with E-state index in [0.717, 1.165) is 16.8 Å². The molecule has 0 bridgehead atoms. The number of sulfonamides is 1. The molecule has 0 atom stereocenters. The zero-order valence-corrected chi connectivity index (χ0v) is 18.8. The van der Waals surface area contributed by atoms with Crippen LogP contribution in [-0.4, -0.2) is 34.3 Å². The number of hydrogen-bond donors (Lipinski definition) is 1. The Labute approximate surface area is 192 Å². The highest BCUT2D eigenvalue weighted by molar-refractivity contribution is 7.92. The number of benzene rings is 2. The summed E-state index contributed by atoms with van der Waals surface area (Å²) in [6, 6.07) is 16.1. The van der Waals surface area contributed by atoms with E-state index in [2.05, 4.69) is 20.6 Å². The molecule has 0 aliphatic heterocycles. The highest BCUT2D eigenvalue weighted by Crippen LogP contribution is 2.25. The largest absolute Gasteiger partial charge is 0.287 e. The molecule has 0 aliphatic rings. The van der Waals surface area contributed by atoms with Crippen LogP contribution in [0.2, 0.25) is 0 Å². The maximum Gasteiger partial charge on any atom is 0.232 e. The predicted molar refractivity (Wildman–Crippen MR) is 129 cm³/mol. The second kappa shape index (κ2) is 9.27. The van der Waals surface area contributed by atoms with Crippen LogP contribution in [0.3, 0.4) is 0 Å². The normalized spacial score (nSPS) is 11.3. The van der Waals surface area contributed by atoms with Crippen LogP contribution in [0.4, 0.5) is 5.69 Å². The van der Waals surface area contributed by atoms with Crippen molar-refractivity contribution in [3.8, 4) is 23.6 Å². The van der Waals surface area contributed by atoms with Crippen molar-refractivity contribution in [2.24, 2.45) is 0 Å². The van der Waals surface area contributed by atoms with Crippen molar-refractivity contribution in [1.29, 1.82) is 0 Å². The lowest BCUT2D eigenvalue weighted by Gasteiger charge is -2.10. The van der Waals surface area contributed by atoms with E-state index < -0.39 is 10.0 Å². The van der Waals surface area contributed by atoms with Crippen LogP contribution in [0, 0.1) is 19.3 Å². The zero-order valence-electron chi connectivity index (χ0n) is 18.0. The molecule has 4 aromatic rings. The van der Waals surface area contributed by atoms with E-state index in [1.54, 1.807) is 53.3 Å². The number of terminal acetylenes is 1. The molecule has 0 amide bonds. The quantitative estimate of drug-likeness (QED) is 0.244. The maximum atomic E-state index is 13.0. The molecule has 166 valence electrons. The second-order valence-electron chi connectivity index (χ2n) is 7.62. The summed E-state index contributed by atoms with van der Waals surface area (Å²) in [4.78, 5) is 21.7. The Bertz CT molecular complexity index is 1470. The fourth-order valence-electron chi connectivity index (χ4n) is 3.47. The molecule has 0 fully saturated rings. The molecule has 4 rings (SSSR count). The minimum absolute atomic E-state index is 0.0487. The number of carbonyl (C=O) groups excluding carboxylic acids is 1. The average molecular weight is 459 g/mol. The lowest BCUT2D eigenvalue weighted by molar-refractivity contribution is 0.103. The van der Waals surface area contributed by atoms with Gasteiger partial charge in [-0.05, 0) is 31.5 Å². The Morgan fingerprint density at radius 3 is 2.67 bits per heavy atom. The van der Waals surface area contributed by atoms with Gasteiger partial charge in [-0.2, -0.15) is 0 Å². The fraction of sp³-hybridized carbons (Fsp3) is 0.160. The van der Waals surface area contributed by atoms with Gasteiger partial charge in [0, 0.05) is 29.4 Å². The van der Waals surface area contributed by atoms with Crippen LogP contribution in [0.5, 0.6) is 0 Å². The molecule has 2 aromatic carbocycles. The lowest BCUT2D eigenvalue weighted by Crippen LogP contribution is -2.16. The SMILES string of the molecule is C#CCCCS(=O)(=O)Nc1cccc(-c2ccnc3c(C(=O)c4ccc(C)cc4)ncn23)c1. The van der Waals surface area contributed by atoms with Crippen LogP contribution in [0.1, 0.15) is 34.5 Å². The van der Waals surface area contributed by atoms with Gasteiger partial charge in [0.1, 0.15) is 6.33 Å². The first kappa shape index (κ1) is 22.2. The Balaban J connectivity index is 1.66. The van der Waals surface area contributed by atoms with Crippen LogP contribution >= 0.6 is 0 Å². The van der Waals surface area contributed by atoms with Crippen molar-refractivity contribution < 1.29 is 13.2 Å². The van der Waals surface area contributed by atoms with Crippen molar-refractivity contribution in [2.75, 3.05) is 10.5 Å². The van der Waals surface area contributed by atoms with E-state index in [9.17, 15) is 13.2 Å². The van der Waals surface area contributed by atoms with Gasteiger partial charge in [-0.15, -0.1) is 12.3 Å². The summed E-state index contributed by atoms with van der Waals surface area (Å²) in [5, 5.41) is 0. The highest BCUT2D eigenvalue weighted by atomic mass is 32.2. The first-order chi connectivity index (χ1) is 15.9. The van der Waals surface area contributed by atoms with Gasteiger partial charge in [0.2, 0.25) is 15.8 Å². The summed E-state index contributed by atoms with van der Waals surface area (Å²) >= 11 is 0. The fourth-order valence-corrected chi connectivity index (χ4v) is 4.59. The topological polar surface area (TPSA) is 93.4 Å². The maximum absolute atomic E-state index is 13.0. The number of unbranched alkanes of at least 4 members (excludes halogenated alkanes) is 1. The van der Waals surface area contributed by atoms with Gasteiger partial charge >= 0.3 is 0 Å². The molecule has 0 radical (unpaired) electrons. The molecule has 8 heteroatoms. The van der Waals surface area contributed by atoms with Crippen LogP contribution in [-0.2, 0) is 10.0 Å². The summed E-state index contributed by atoms with van der Waals surface area (Å²) in [7, 11) is -3.51. The van der Waals surface area contributed by atoms with Crippen LogP contribution in [0.15, 0.2) is 67.1 Å². The molecule has 0 unspecified atom stereocenters. The third kappa shape index (κ3) is 4.94. The van der Waals surface area contributed by atoms with E-state index in [0.29, 0.717) is 29.7 Å². The minimum atomic E-state index is -3.51. The van der Waals surface area contributed by atoms with Gasteiger partial charge in [0.25, 0.3) is 0 Å². The van der Waals surface area contributed by atoms with Gasteiger partial charge in [-0.1, -0.05) is 42.0 Å². The number of carbonyl (C=O) groups is 1. The number of anilines is 1. The van der Waals surface area contributed by atoms with E-state index in [4.69, 9.17) is 6.42 Å². The van der Waals surface area contributed by atoms with E-state index in [-0.39, 0.29) is 17.2 Å². The van der Waals surface area contributed by atoms with Gasteiger partial charge in [0.15, 0.2) is 11.3 Å². The summed E-state index contributed by atoms with van der Waals surface area (Å²) in [5.41, 5.74) is 4.20. The zero-order chi connectivity index (χ0) is 23.4. The summed E-state index contributed by atoms with van der Waals surface area (Å²) < 4.78 is 29.0. The number of nitrogens with one attached hydrogen (secondary N) is 1. The molecule has 0 saturated heterocycles. The number of nitrogens with zero attached hydrogens (tertiary/aromatic N) is 3. The molecule has 2 aromatic heterocycles. The molecule has 0 spiro atoms. The number of ketones is 1. The molecular weight excluding hydrogens is 436 g/mol. The van der Waals surface area contributed by atoms with Crippen molar-refractivity contribution in [1.82, 2.24) is 14.4 Å². The predicted octanol–water partition coefficient (Wildman–Crippen LogP) is 4.09. The average Bonchev–Trinajstić information content (AvgIpc) is 3.23.